The molecule has 58 valence electrons. The Morgan fingerprint density at radius 1 is 1.73 bits per heavy atom. The number of aldehydes is 1. The molecule has 1 heterocycles. The molecule has 0 saturated heterocycles. The summed E-state index contributed by atoms with van der Waals surface area (Å²) >= 11 is 5.66. The Morgan fingerprint density at radius 2 is 2.45 bits per heavy atom. The third-order valence-corrected chi connectivity index (χ3v) is 1.52. The van der Waals surface area contributed by atoms with Crippen molar-refractivity contribution in [1.82, 2.24) is 4.98 Å². The summed E-state index contributed by atoms with van der Waals surface area (Å²) in [4.78, 5) is 14.1. The van der Waals surface area contributed by atoms with E-state index < -0.39 is 0 Å². The molecule has 0 aliphatic carbocycles. The minimum Gasteiger partial charge on any atom is -0.481 e. The number of hydrogen-bond acceptors (Lipinski definition) is 3. The van der Waals surface area contributed by atoms with Gasteiger partial charge in [-0.2, -0.15) is 0 Å². The number of nitrogens with zero attached hydrogens (tertiary/aromatic N) is 1. The van der Waals surface area contributed by atoms with Gasteiger partial charge in [-0.15, -0.1) is 0 Å². The van der Waals surface area contributed by atoms with Crippen LogP contribution in [-0.4, -0.2) is 18.4 Å². The number of ether oxygens (including phenoxy) is 1. The minimum absolute atomic E-state index is 0.354. The molecule has 0 saturated carbocycles. The van der Waals surface area contributed by atoms with Gasteiger partial charge in [-0.3, -0.25) is 4.79 Å². The van der Waals surface area contributed by atoms with Crippen LogP contribution >= 0.6 is 11.6 Å². The van der Waals surface area contributed by atoms with Gasteiger partial charge >= 0.3 is 0 Å². The molecule has 1 aromatic rings. The fourth-order valence-corrected chi connectivity index (χ4v) is 0.809. The number of pyridine rings is 1. The van der Waals surface area contributed by atoms with Gasteiger partial charge in [0.15, 0.2) is 6.29 Å². The predicted molar refractivity (Wildman–Crippen MR) is 41.2 cm³/mol. The first-order chi connectivity index (χ1) is 5.27. The predicted octanol–water partition coefficient (Wildman–Crippen LogP) is 1.56. The van der Waals surface area contributed by atoms with Gasteiger partial charge in [0.05, 0.1) is 17.7 Å². The molecule has 4 heteroatoms. The Hall–Kier alpha value is -1.09. The third kappa shape index (κ3) is 1.68. The molecular formula is C7H6ClNO2. The molecular weight excluding hydrogens is 166 g/mol. The molecule has 0 bridgehead atoms. The molecule has 0 aliphatic heterocycles. The summed E-state index contributed by atoms with van der Waals surface area (Å²) < 4.78 is 4.78. The number of halogens is 1. The lowest BCUT2D eigenvalue weighted by molar-refractivity contribution is 0.112. The third-order valence-electron chi connectivity index (χ3n) is 1.19. The largest absolute Gasteiger partial charge is 0.481 e. The molecule has 0 atom stereocenters. The maximum atomic E-state index is 10.3. The quantitative estimate of drug-likeness (QED) is 0.634. The van der Waals surface area contributed by atoms with Crippen molar-refractivity contribution in [3.8, 4) is 5.88 Å². The van der Waals surface area contributed by atoms with Gasteiger partial charge in [0.2, 0.25) is 5.88 Å². The first-order valence-electron chi connectivity index (χ1n) is 2.92. The summed E-state index contributed by atoms with van der Waals surface area (Å²) in [5.74, 6) is 0.403. The smallest absolute Gasteiger partial charge is 0.214 e. The molecule has 0 fully saturated rings. The van der Waals surface area contributed by atoms with Gasteiger partial charge in [-0.05, 0) is 0 Å². The number of methoxy groups -OCH3 is 1. The molecule has 0 N–H and O–H groups in total. The lowest BCUT2D eigenvalue weighted by atomic mass is 10.3. The molecule has 0 aliphatic rings. The highest BCUT2D eigenvalue weighted by atomic mass is 35.5. The molecule has 1 rings (SSSR count). The molecule has 1 aromatic heterocycles. The van der Waals surface area contributed by atoms with E-state index in [1.165, 1.54) is 19.4 Å². The first-order valence-corrected chi connectivity index (χ1v) is 3.30. The second kappa shape index (κ2) is 3.34. The molecule has 0 unspecified atom stereocenters. The van der Waals surface area contributed by atoms with E-state index in [4.69, 9.17) is 16.3 Å². The van der Waals surface area contributed by atoms with Crippen LogP contribution in [0.1, 0.15) is 10.4 Å². The van der Waals surface area contributed by atoms with Gasteiger partial charge in [0.1, 0.15) is 0 Å². The Balaban J connectivity index is 3.09. The van der Waals surface area contributed by atoms with E-state index in [1.807, 2.05) is 0 Å². The van der Waals surface area contributed by atoms with Crippen LogP contribution in [0.3, 0.4) is 0 Å². The Morgan fingerprint density at radius 3 is 2.91 bits per heavy atom. The van der Waals surface area contributed by atoms with Crippen LogP contribution < -0.4 is 4.74 Å². The maximum absolute atomic E-state index is 10.3. The van der Waals surface area contributed by atoms with E-state index in [2.05, 4.69) is 4.98 Å². The van der Waals surface area contributed by atoms with Crippen molar-refractivity contribution in [1.29, 1.82) is 0 Å². The van der Waals surface area contributed by atoms with E-state index >= 15 is 0 Å². The number of carbonyl (C=O) groups excluding carboxylic acids is 1. The second-order valence-corrected chi connectivity index (χ2v) is 2.27. The zero-order chi connectivity index (χ0) is 8.27. The van der Waals surface area contributed by atoms with Crippen molar-refractivity contribution in [2.24, 2.45) is 0 Å². The van der Waals surface area contributed by atoms with Crippen LogP contribution in [-0.2, 0) is 0 Å². The second-order valence-electron chi connectivity index (χ2n) is 1.87. The fraction of sp³-hybridized carbons (Fsp3) is 0.143. The van der Waals surface area contributed by atoms with Crippen molar-refractivity contribution in [3.63, 3.8) is 0 Å². The average Bonchev–Trinajstić information content (AvgIpc) is 2.04. The van der Waals surface area contributed by atoms with Gasteiger partial charge in [0, 0.05) is 12.3 Å². The van der Waals surface area contributed by atoms with Crippen molar-refractivity contribution >= 4 is 17.9 Å². The minimum atomic E-state index is 0.354. The number of aromatic nitrogens is 1. The van der Waals surface area contributed by atoms with E-state index in [1.54, 1.807) is 0 Å². The van der Waals surface area contributed by atoms with Gasteiger partial charge in [-0.1, -0.05) is 11.6 Å². The Labute approximate surface area is 69.0 Å². The zero-order valence-corrected chi connectivity index (χ0v) is 6.63. The van der Waals surface area contributed by atoms with Crippen molar-refractivity contribution in [2.75, 3.05) is 7.11 Å². The van der Waals surface area contributed by atoms with Crippen LogP contribution in [0.4, 0.5) is 0 Å². The van der Waals surface area contributed by atoms with Crippen LogP contribution in [0.2, 0.25) is 5.02 Å². The monoisotopic (exact) mass is 171 g/mol. The normalized spacial score (nSPS) is 9.27. The highest BCUT2D eigenvalue weighted by Gasteiger charge is 2.00. The van der Waals surface area contributed by atoms with Crippen LogP contribution in [0.25, 0.3) is 0 Å². The molecule has 0 aromatic carbocycles. The summed E-state index contributed by atoms with van der Waals surface area (Å²) in [7, 11) is 1.49. The Bertz CT molecular complexity index is 275. The highest BCUT2D eigenvalue weighted by Crippen LogP contribution is 2.17. The number of hydrogen-bond donors (Lipinski definition) is 0. The number of carbonyl (C=O) groups is 1. The van der Waals surface area contributed by atoms with Crippen LogP contribution in [0.5, 0.6) is 5.88 Å². The summed E-state index contributed by atoms with van der Waals surface area (Å²) in [5.41, 5.74) is 0.368. The highest BCUT2D eigenvalue weighted by molar-refractivity contribution is 6.33. The molecule has 0 spiro atoms. The summed E-state index contributed by atoms with van der Waals surface area (Å²) in [5, 5.41) is 0.354. The summed E-state index contributed by atoms with van der Waals surface area (Å²) in [6.45, 7) is 0. The van der Waals surface area contributed by atoms with Crippen molar-refractivity contribution in [3.05, 3.63) is 22.8 Å². The Kier molecular flexibility index (Phi) is 2.44. The van der Waals surface area contributed by atoms with Crippen LogP contribution in [0.15, 0.2) is 12.3 Å². The van der Waals surface area contributed by atoms with Crippen molar-refractivity contribution in [2.45, 2.75) is 0 Å². The molecule has 3 nitrogen and oxygen atoms in total. The maximum Gasteiger partial charge on any atom is 0.214 e. The van der Waals surface area contributed by atoms with E-state index in [-0.39, 0.29) is 0 Å². The molecule has 0 radical (unpaired) electrons. The van der Waals surface area contributed by atoms with Crippen molar-refractivity contribution < 1.29 is 9.53 Å². The average molecular weight is 172 g/mol. The molecule has 0 amide bonds. The fourth-order valence-electron chi connectivity index (χ4n) is 0.622. The lowest BCUT2D eigenvalue weighted by Gasteiger charge is -1.98. The van der Waals surface area contributed by atoms with E-state index in [0.717, 1.165) is 0 Å². The standard InChI is InChI=1S/C7H6ClNO2/c1-11-7-2-6(8)5(4-10)3-9-7/h2-4H,1H3. The summed E-state index contributed by atoms with van der Waals surface area (Å²) in [6.07, 6.45) is 2.02. The molecule has 11 heavy (non-hydrogen) atoms. The number of rotatable bonds is 2. The zero-order valence-electron chi connectivity index (χ0n) is 5.87. The van der Waals surface area contributed by atoms with E-state index in [0.29, 0.717) is 22.8 Å². The van der Waals surface area contributed by atoms with Gasteiger partial charge < -0.3 is 4.74 Å². The van der Waals surface area contributed by atoms with E-state index in [9.17, 15) is 4.79 Å². The lowest BCUT2D eigenvalue weighted by Crippen LogP contribution is -1.89. The van der Waals surface area contributed by atoms with Crippen LogP contribution in [0, 0.1) is 0 Å². The topological polar surface area (TPSA) is 39.2 Å². The van der Waals surface area contributed by atoms with Gasteiger partial charge in [-0.25, -0.2) is 4.98 Å². The van der Waals surface area contributed by atoms with Gasteiger partial charge in [0.25, 0.3) is 0 Å². The SMILES string of the molecule is COc1cc(Cl)c(C=O)cn1. The first kappa shape index (κ1) is 8.01. The summed E-state index contributed by atoms with van der Waals surface area (Å²) in [6, 6.07) is 1.49.